The van der Waals surface area contributed by atoms with Gasteiger partial charge >= 0.3 is 0 Å². The number of aliphatic hydroxyl groups excluding tert-OH is 1. The van der Waals surface area contributed by atoms with Crippen LogP contribution in [0.4, 0.5) is 0 Å². The van der Waals surface area contributed by atoms with Gasteiger partial charge in [-0.05, 0) is 26.3 Å². The minimum absolute atomic E-state index is 0.0167. The molecule has 2 fully saturated rings. The van der Waals surface area contributed by atoms with Gasteiger partial charge in [0.25, 0.3) is 0 Å². The maximum atomic E-state index is 12.2. The summed E-state index contributed by atoms with van der Waals surface area (Å²) in [6, 6.07) is 0. The molecule has 4 heteroatoms. The van der Waals surface area contributed by atoms with Gasteiger partial charge in [0, 0.05) is 25.0 Å². The number of hydrogen-bond acceptors (Lipinski definition) is 3. The fraction of sp³-hybridized carbons (Fsp3) is 0.923. The zero-order valence-corrected chi connectivity index (χ0v) is 10.7. The van der Waals surface area contributed by atoms with Crippen LogP contribution >= 0.6 is 0 Å². The van der Waals surface area contributed by atoms with Gasteiger partial charge in [-0.15, -0.1) is 0 Å². The average Bonchev–Trinajstić information content (AvgIpc) is 2.77. The lowest BCUT2D eigenvalue weighted by Crippen LogP contribution is -2.48. The summed E-state index contributed by atoms with van der Waals surface area (Å²) in [7, 11) is 1.97. The van der Waals surface area contributed by atoms with E-state index in [2.05, 4.69) is 5.32 Å². The van der Waals surface area contributed by atoms with E-state index in [1.54, 1.807) is 0 Å². The third kappa shape index (κ3) is 2.99. The molecule has 1 aliphatic carbocycles. The highest BCUT2D eigenvalue weighted by atomic mass is 16.3. The van der Waals surface area contributed by atoms with E-state index in [9.17, 15) is 9.90 Å². The van der Waals surface area contributed by atoms with Crippen molar-refractivity contribution in [3.63, 3.8) is 0 Å². The topological polar surface area (TPSA) is 52.6 Å². The van der Waals surface area contributed by atoms with Crippen LogP contribution in [0.3, 0.4) is 0 Å². The van der Waals surface area contributed by atoms with E-state index in [1.807, 2.05) is 11.9 Å². The summed E-state index contributed by atoms with van der Waals surface area (Å²) in [4.78, 5) is 14.0. The molecule has 1 saturated heterocycles. The SMILES string of the molecule is CNC1(CC(=O)N2CCC(O)C2)CCCCC1. The molecule has 0 aromatic rings. The molecule has 0 aromatic carbocycles. The Bertz CT molecular complexity index is 275. The lowest BCUT2D eigenvalue weighted by molar-refractivity contribution is -0.132. The average molecular weight is 240 g/mol. The highest BCUT2D eigenvalue weighted by Crippen LogP contribution is 2.31. The fourth-order valence-electron chi connectivity index (χ4n) is 3.11. The van der Waals surface area contributed by atoms with Gasteiger partial charge in [-0.2, -0.15) is 0 Å². The van der Waals surface area contributed by atoms with E-state index >= 15 is 0 Å². The molecular formula is C13H24N2O2. The summed E-state index contributed by atoms with van der Waals surface area (Å²) < 4.78 is 0. The van der Waals surface area contributed by atoms with Crippen LogP contribution in [0.25, 0.3) is 0 Å². The number of nitrogens with one attached hydrogen (secondary N) is 1. The molecule has 2 aliphatic rings. The number of rotatable bonds is 3. The van der Waals surface area contributed by atoms with Crippen LogP contribution in [-0.4, -0.2) is 47.7 Å². The molecule has 4 nitrogen and oxygen atoms in total. The first-order valence-corrected chi connectivity index (χ1v) is 6.80. The second-order valence-electron chi connectivity index (χ2n) is 5.55. The Morgan fingerprint density at radius 2 is 2.12 bits per heavy atom. The van der Waals surface area contributed by atoms with Gasteiger partial charge in [-0.25, -0.2) is 0 Å². The standard InChI is InChI=1S/C13H24N2O2/c1-14-13(6-3-2-4-7-13)9-12(17)15-8-5-11(16)10-15/h11,14,16H,2-10H2,1H3. The van der Waals surface area contributed by atoms with Crippen LogP contribution in [0.15, 0.2) is 0 Å². The summed E-state index contributed by atoms with van der Waals surface area (Å²) in [5.74, 6) is 0.206. The van der Waals surface area contributed by atoms with Gasteiger partial charge in [0.15, 0.2) is 0 Å². The van der Waals surface area contributed by atoms with Crippen molar-refractivity contribution in [2.75, 3.05) is 20.1 Å². The van der Waals surface area contributed by atoms with Crippen molar-refractivity contribution in [1.29, 1.82) is 0 Å². The normalized spacial score (nSPS) is 28.4. The van der Waals surface area contributed by atoms with Crippen LogP contribution in [0, 0.1) is 0 Å². The van der Waals surface area contributed by atoms with Gasteiger partial charge in [0.2, 0.25) is 5.91 Å². The van der Waals surface area contributed by atoms with E-state index in [0.29, 0.717) is 13.0 Å². The second kappa shape index (κ2) is 5.36. The molecule has 0 bridgehead atoms. The number of carbonyl (C=O) groups excluding carboxylic acids is 1. The smallest absolute Gasteiger partial charge is 0.224 e. The molecule has 0 aromatic heterocycles. The molecule has 0 spiro atoms. The highest BCUT2D eigenvalue weighted by Gasteiger charge is 2.35. The van der Waals surface area contributed by atoms with Gasteiger partial charge in [-0.1, -0.05) is 19.3 Å². The molecule has 1 atom stereocenters. The van der Waals surface area contributed by atoms with Crippen molar-refractivity contribution in [1.82, 2.24) is 10.2 Å². The number of nitrogens with zero attached hydrogens (tertiary/aromatic N) is 1. The Hall–Kier alpha value is -0.610. The molecule has 1 aliphatic heterocycles. The molecule has 2 rings (SSSR count). The molecule has 1 heterocycles. The molecule has 17 heavy (non-hydrogen) atoms. The van der Waals surface area contributed by atoms with Gasteiger partial charge in [0.1, 0.15) is 0 Å². The third-order valence-corrected chi connectivity index (χ3v) is 4.35. The van der Waals surface area contributed by atoms with E-state index in [0.717, 1.165) is 25.8 Å². The molecule has 98 valence electrons. The summed E-state index contributed by atoms with van der Waals surface area (Å²) in [6.07, 6.45) is 6.95. The van der Waals surface area contributed by atoms with Crippen LogP contribution < -0.4 is 5.32 Å². The number of carbonyl (C=O) groups is 1. The first-order chi connectivity index (χ1) is 8.15. The number of aliphatic hydroxyl groups is 1. The fourth-order valence-corrected chi connectivity index (χ4v) is 3.11. The Balaban J connectivity index is 1.91. The maximum Gasteiger partial charge on any atom is 0.224 e. The van der Waals surface area contributed by atoms with Crippen molar-refractivity contribution < 1.29 is 9.90 Å². The van der Waals surface area contributed by atoms with Crippen molar-refractivity contribution in [2.24, 2.45) is 0 Å². The number of likely N-dealkylation sites (tertiary alicyclic amines) is 1. The zero-order valence-electron chi connectivity index (χ0n) is 10.7. The van der Waals surface area contributed by atoms with Crippen LogP contribution in [0.2, 0.25) is 0 Å². The molecular weight excluding hydrogens is 216 g/mol. The molecule has 1 unspecified atom stereocenters. The Morgan fingerprint density at radius 1 is 1.41 bits per heavy atom. The zero-order chi connectivity index (χ0) is 12.3. The molecule has 1 saturated carbocycles. The van der Waals surface area contributed by atoms with Crippen molar-refractivity contribution >= 4 is 5.91 Å². The highest BCUT2D eigenvalue weighted by molar-refractivity contribution is 5.77. The first-order valence-electron chi connectivity index (χ1n) is 6.80. The van der Waals surface area contributed by atoms with Crippen molar-refractivity contribution in [3.05, 3.63) is 0 Å². The first kappa shape index (κ1) is 12.8. The quantitative estimate of drug-likeness (QED) is 0.770. The molecule has 2 N–H and O–H groups in total. The summed E-state index contributed by atoms with van der Waals surface area (Å²) >= 11 is 0. The Morgan fingerprint density at radius 3 is 2.65 bits per heavy atom. The lowest BCUT2D eigenvalue weighted by atomic mass is 9.79. The predicted octanol–water partition coefficient (Wildman–Crippen LogP) is 0.892. The lowest BCUT2D eigenvalue weighted by Gasteiger charge is -2.37. The van der Waals surface area contributed by atoms with Crippen LogP contribution in [0.5, 0.6) is 0 Å². The minimum atomic E-state index is -0.309. The minimum Gasteiger partial charge on any atom is -0.391 e. The van der Waals surface area contributed by atoms with Gasteiger partial charge in [-0.3, -0.25) is 4.79 Å². The maximum absolute atomic E-state index is 12.2. The van der Waals surface area contributed by atoms with E-state index in [1.165, 1.54) is 19.3 Å². The van der Waals surface area contributed by atoms with Gasteiger partial charge < -0.3 is 15.3 Å². The predicted molar refractivity (Wildman–Crippen MR) is 66.7 cm³/mol. The van der Waals surface area contributed by atoms with Crippen LogP contribution in [-0.2, 0) is 4.79 Å². The van der Waals surface area contributed by atoms with E-state index in [4.69, 9.17) is 0 Å². The van der Waals surface area contributed by atoms with Gasteiger partial charge in [0.05, 0.1) is 6.10 Å². The van der Waals surface area contributed by atoms with Crippen molar-refractivity contribution in [2.45, 2.75) is 56.6 Å². The summed E-state index contributed by atoms with van der Waals surface area (Å²) in [5.41, 5.74) is 0.0167. The van der Waals surface area contributed by atoms with Crippen LogP contribution in [0.1, 0.15) is 44.9 Å². The largest absolute Gasteiger partial charge is 0.391 e. The molecule has 1 amide bonds. The third-order valence-electron chi connectivity index (χ3n) is 4.35. The Kier molecular flexibility index (Phi) is 4.05. The number of amides is 1. The van der Waals surface area contributed by atoms with E-state index < -0.39 is 0 Å². The summed E-state index contributed by atoms with van der Waals surface area (Å²) in [6.45, 7) is 1.25. The number of β-amino-alcohol motifs (C(OH)–C–C–N with tert-alkyl or cyclic N) is 1. The molecule has 0 radical (unpaired) electrons. The second-order valence-corrected chi connectivity index (χ2v) is 5.55. The monoisotopic (exact) mass is 240 g/mol. The Labute approximate surface area is 103 Å². The van der Waals surface area contributed by atoms with Crippen molar-refractivity contribution in [3.8, 4) is 0 Å². The number of hydrogen-bond donors (Lipinski definition) is 2. The summed E-state index contributed by atoms with van der Waals surface area (Å²) in [5, 5.41) is 12.8. The van der Waals surface area contributed by atoms with E-state index in [-0.39, 0.29) is 17.6 Å².